The molecule has 0 fully saturated rings. The molecule has 114 valence electrons. The highest BCUT2D eigenvalue weighted by molar-refractivity contribution is 6.30. The molecule has 0 heterocycles. The summed E-state index contributed by atoms with van der Waals surface area (Å²) in [7, 11) is 0. The summed E-state index contributed by atoms with van der Waals surface area (Å²) in [6.45, 7) is -0.217. The number of carbonyl (C=O) groups excluding carboxylic acids is 2. The smallest absolute Gasteiger partial charge is 0.344 e. The molecule has 2 N–H and O–H groups in total. The molecule has 0 radical (unpaired) electrons. The van der Waals surface area contributed by atoms with Crippen LogP contribution in [0.5, 0.6) is 5.75 Å². The summed E-state index contributed by atoms with van der Waals surface area (Å²) in [5.74, 6) is -0.933. The van der Waals surface area contributed by atoms with Gasteiger partial charge in [0.25, 0.3) is 5.91 Å². The number of hydrogen-bond donors (Lipinski definition) is 1. The molecule has 0 atom stereocenters. The van der Waals surface area contributed by atoms with Gasteiger partial charge < -0.3 is 15.2 Å². The number of primary amides is 1. The SMILES string of the molecule is NC(=O)c1ccccc1OCC(=O)OCc1cccc(Cl)c1. The van der Waals surface area contributed by atoms with Crippen LogP contribution in [0.1, 0.15) is 15.9 Å². The van der Waals surface area contributed by atoms with Gasteiger partial charge in [0.05, 0.1) is 5.56 Å². The van der Waals surface area contributed by atoms with Crippen LogP contribution in [0.4, 0.5) is 0 Å². The number of esters is 1. The number of ether oxygens (including phenoxy) is 2. The quantitative estimate of drug-likeness (QED) is 0.830. The number of nitrogens with two attached hydrogens (primary N) is 1. The van der Waals surface area contributed by atoms with Gasteiger partial charge in [-0.3, -0.25) is 4.79 Å². The highest BCUT2D eigenvalue weighted by atomic mass is 35.5. The zero-order valence-corrected chi connectivity index (χ0v) is 12.4. The fourth-order valence-corrected chi connectivity index (χ4v) is 1.98. The van der Waals surface area contributed by atoms with Gasteiger partial charge in [0.1, 0.15) is 12.4 Å². The zero-order chi connectivity index (χ0) is 15.9. The average molecular weight is 320 g/mol. The molecule has 0 saturated heterocycles. The van der Waals surface area contributed by atoms with E-state index in [-0.39, 0.29) is 24.5 Å². The monoisotopic (exact) mass is 319 g/mol. The van der Waals surface area contributed by atoms with E-state index in [4.69, 9.17) is 26.8 Å². The Kier molecular flexibility index (Phi) is 5.38. The maximum absolute atomic E-state index is 11.7. The van der Waals surface area contributed by atoms with Crippen molar-refractivity contribution in [3.8, 4) is 5.75 Å². The summed E-state index contributed by atoms with van der Waals surface area (Å²) in [4.78, 5) is 22.9. The van der Waals surface area contributed by atoms with Crippen molar-refractivity contribution in [3.05, 3.63) is 64.7 Å². The van der Waals surface area contributed by atoms with Gasteiger partial charge in [0.15, 0.2) is 6.61 Å². The topological polar surface area (TPSA) is 78.6 Å². The zero-order valence-electron chi connectivity index (χ0n) is 11.6. The lowest BCUT2D eigenvalue weighted by atomic mass is 10.2. The molecule has 22 heavy (non-hydrogen) atoms. The third-order valence-electron chi connectivity index (χ3n) is 2.79. The van der Waals surface area contributed by atoms with Crippen molar-refractivity contribution < 1.29 is 19.1 Å². The van der Waals surface area contributed by atoms with Crippen molar-refractivity contribution in [3.63, 3.8) is 0 Å². The Balaban J connectivity index is 1.87. The van der Waals surface area contributed by atoms with Crippen LogP contribution in [0.15, 0.2) is 48.5 Å². The van der Waals surface area contributed by atoms with Gasteiger partial charge in [-0.15, -0.1) is 0 Å². The number of halogens is 1. The van der Waals surface area contributed by atoms with Crippen molar-refractivity contribution in [2.45, 2.75) is 6.61 Å². The predicted octanol–water partition coefficient (Wildman–Crippen LogP) is 2.56. The molecular weight excluding hydrogens is 306 g/mol. The minimum absolute atomic E-state index is 0.0974. The first-order valence-corrected chi connectivity index (χ1v) is 6.86. The van der Waals surface area contributed by atoms with Crippen molar-refractivity contribution >= 4 is 23.5 Å². The average Bonchev–Trinajstić information content (AvgIpc) is 2.51. The van der Waals surface area contributed by atoms with Crippen LogP contribution in [-0.4, -0.2) is 18.5 Å². The molecule has 6 heteroatoms. The number of amides is 1. The van der Waals surface area contributed by atoms with E-state index in [9.17, 15) is 9.59 Å². The summed E-state index contributed by atoms with van der Waals surface area (Å²) >= 11 is 5.84. The molecule has 0 aliphatic carbocycles. The standard InChI is InChI=1S/C16H14ClNO4/c17-12-5-3-4-11(8-12)9-22-15(19)10-21-14-7-2-1-6-13(14)16(18)20/h1-8H,9-10H2,(H2,18,20). The van der Waals surface area contributed by atoms with Gasteiger partial charge in [-0.2, -0.15) is 0 Å². The maximum atomic E-state index is 11.7. The van der Waals surface area contributed by atoms with Crippen molar-refractivity contribution in [2.75, 3.05) is 6.61 Å². The Morgan fingerprint density at radius 3 is 2.59 bits per heavy atom. The number of hydrogen-bond acceptors (Lipinski definition) is 4. The third-order valence-corrected chi connectivity index (χ3v) is 3.02. The summed E-state index contributed by atoms with van der Waals surface area (Å²) in [6.07, 6.45) is 0. The third kappa shape index (κ3) is 4.49. The molecule has 2 rings (SSSR count). The van der Waals surface area contributed by atoms with E-state index in [2.05, 4.69) is 0 Å². The summed E-state index contributed by atoms with van der Waals surface area (Å²) in [5, 5.41) is 0.570. The molecule has 0 spiro atoms. The number of benzene rings is 2. The number of rotatable bonds is 6. The maximum Gasteiger partial charge on any atom is 0.344 e. The highest BCUT2D eigenvalue weighted by Crippen LogP contribution is 2.17. The van der Waals surface area contributed by atoms with Gasteiger partial charge >= 0.3 is 5.97 Å². The van der Waals surface area contributed by atoms with Crippen molar-refractivity contribution in [2.24, 2.45) is 5.73 Å². The molecular formula is C16H14ClNO4. The molecule has 5 nitrogen and oxygen atoms in total. The lowest BCUT2D eigenvalue weighted by Crippen LogP contribution is -2.18. The van der Waals surface area contributed by atoms with E-state index >= 15 is 0 Å². The minimum atomic E-state index is -0.622. The Labute approximate surface area is 132 Å². The highest BCUT2D eigenvalue weighted by Gasteiger charge is 2.11. The van der Waals surface area contributed by atoms with E-state index in [1.807, 2.05) is 0 Å². The first-order valence-electron chi connectivity index (χ1n) is 6.48. The lowest BCUT2D eigenvalue weighted by Gasteiger charge is -2.09. The Morgan fingerprint density at radius 1 is 1.09 bits per heavy atom. The van der Waals surface area contributed by atoms with E-state index in [0.29, 0.717) is 5.02 Å². The normalized spacial score (nSPS) is 10.0. The van der Waals surface area contributed by atoms with Gasteiger partial charge in [-0.25, -0.2) is 4.79 Å². The van der Waals surface area contributed by atoms with Crippen molar-refractivity contribution in [1.29, 1.82) is 0 Å². The molecule has 0 aromatic heterocycles. The Hall–Kier alpha value is -2.53. The van der Waals surface area contributed by atoms with E-state index < -0.39 is 11.9 Å². The number of para-hydroxylation sites is 1. The lowest BCUT2D eigenvalue weighted by molar-refractivity contribution is -0.147. The Morgan fingerprint density at radius 2 is 1.86 bits per heavy atom. The van der Waals surface area contributed by atoms with Crippen LogP contribution in [0.2, 0.25) is 5.02 Å². The Bertz CT molecular complexity index is 687. The van der Waals surface area contributed by atoms with Crippen LogP contribution in [0.25, 0.3) is 0 Å². The van der Waals surface area contributed by atoms with Gasteiger partial charge in [0.2, 0.25) is 0 Å². The molecule has 0 bridgehead atoms. The second kappa shape index (κ2) is 7.47. The minimum Gasteiger partial charge on any atom is -0.481 e. The fraction of sp³-hybridized carbons (Fsp3) is 0.125. The summed E-state index contributed by atoms with van der Waals surface area (Å²) in [6, 6.07) is 13.4. The van der Waals surface area contributed by atoms with Crippen LogP contribution in [0, 0.1) is 0 Å². The molecule has 2 aromatic carbocycles. The molecule has 1 amide bonds. The second-order valence-corrected chi connectivity index (χ2v) is 4.88. The van der Waals surface area contributed by atoms with Crippen LogP contribution >= 0.6 is 11.6 Å². The van der Waals surface area contributed by atoms with Gasteiger partial charge in [-0.05, 0) is 29.8 Å². The first kappa shape index (κ1) is 15.9. The van der Waals surface area contributed by atoms with E-state index in [0.717, 1.165) is 5.56 Å². The number of carbonyl (C=O) groups is 2. The van der Waals surface area contributed by atoms with Crippen molar-refractivity contribution in [1.82, 2.24) is 0 Å². The molecule has 0 saturated carbocycles. The fourth-order valence-electron chi connectivity index (χ4n) is 1.76. The second-order valence-electron chi connectivity index (χ2n) is 4.44. The first-order chi connectivity index (χ1) is 10.6. The van der Waals surface area contributed by atoms with Crippen LogP contribution in [-0.2, 0) is 16.1 Å². The van der Waals surface area contributed by atoms with Gasteiger partial charge in [-0.1, -0.05) is 35.9 Å². The van der Waals surface area contributed by atoms with Crippen LogP contribution in [0.3, 0.4) is 0 Å². The van der Waals surface area contributed by atoms with E-state index in [1.54, 1.807) is 42.5 Å². The molecule has 2 aromatic rings. The van der Waals surface area contributed by atoms with E-state index in [1.165, 1.54) is 6.07 Å². The summed E-state index contributed by atoms with van der Waals surface area (Å²) in [5.41, 5.74) is 6.21. The molecule has 0 aliphatic rings. The largest absolute Gasteiger partial charge is 0.481 e. The van der Waals surface area contributed by atoms with Crippen LogP contribution < -0.4 is 10.5 Å². The van der Waals surface area contributed by atoms with Gasteiger partial charge in [0, 0.05) is 5.02 Å². The molecule has 0 unspecified atom stereocenters. The predicted molar refractivity (Wildman–Crippen MR) is 81.7 cm³/mol. The summed E-state index contributed by atoms with van der Waals surface area (Å²) < 4.78 is 10.3. The molecule has 0 aliphatic heterocycles.